The van der Waals surface area contributed by atoms with E-state index in [0.29, 0.717) is 17.3 Å². The normalized spacial score (nSPS) is 20.4. The van der Waals surface area contributed by atoms with Gasteiger partial charge in [-0.05, 0) is 49.9 Å². The number of hydrogen-bond acceptors (Lipinski definition) is 7. The molecule has 1 aliphatic rings. The third-order valence-corrected chi connectivity index (χ3v) is 4.10. The van der Waals surface area contributed by atoms with Crippen molar-refractivity contribution >= 4 is 11.8 Å². The van der Waals surface area contributed by atoms with Crippen LogP contribution in [-0.2, 0) is 0 Å². The number of benzene rings is 1. The molecule has 0 aliphatic heterocycles. The summed E-state index contributed by atoms with van der Waals surface area (Å²) < 4.78 is 11.0. The zero-order valence-corrected chi connectivity index (χ0v) is 13.6. The largest absolute Gasteiger partial charge is 0.497 e. The molecule has 0 saturated heterocycles. The Hall–Kier alpha value is -2.54. The van der Waals surface area contributed by atoms with E-state index in [-0.39, 0.29) is 18.1 Å². The van der Waals surface area contributed by atoms with Gasteiger partial charge in [0.15, 0.2) is 11.6 Å². The molecule has 1 aliphatic carbocycles. The number of ether oxygens (including phenoxy) is 2. The first kappa shape index (κ1) is 16.3. The van der Waals surface area contributed by atoms with Crippen LogP contribution in [0.15, 0.2) is 30.5 Å². The number of nitrogens with zero attached hydrogens (tertiary/aromatic N) is 2. The van der Waals surface area contributed by atoms with E-state index >= 15 is 0 Å². The minimum atomic E-state index is -0.200. The fourth-order valence-corrected chi connectivity index (χ4v) is 2.75. The third-order valence-electron chi connectivity index (χ3n) is 4.10. The summed E-state index contributed by atoms with van der Waals surface area (Å²) >= 11 is 0. The van der Waals surface area contributed by atoms with Gasteiger partial charge in [-0.3, -0.25) is 0 Å². The van der Waals surface area contributed by atoms with Crippen LogP contribution in [-0.4, -0.2) is 34.3 Å². The van der Waals surface area contributed by atoms with Gasteiger partial charge in [0, 0.05) is 6.04 Å². The van der Waals surface area contributed by atoms with E-state index in [1.54, 1.807) is 13.3 Å². The lowest BCUT2D eigenvalue weighted by atomic mass is 9.93. The molecule has 7 heteroatoms. The second-order valence-electron chi connectivity index (χ2n) is 5.87. The third kappa shape index (κ3) is 4.05. The minimum absolute atomic E-state index is 0.190. The number of aliphatic hydroxyl groups is 1. The average Bonchev–Trinajstić information content (AvgIpc) is 2.60. The maximum absolute atomic E-state index is 9.62. The topological polar surface area (TPSA) is 103 Å². The number of hydrogen-bond donors (Lipinski definition) is 3. The molecule has 128 valence electrons. The molecule has 1 aromatic carbocycles. The smallest absolute Gasteiger partial charge is 0.222 e. The molecule has 0 radical (unpaired) electrons. The quantitative estimate of drug-likeness (QED) is 0.774. The molecular weight excluding hydrogens is 308 g/mol. The van der Waals surface area contributed by atoms with Crippen LogP contribution in [0.3, 0.4) is 0 Å². The van der Waals surface area contributed by atoms with Crippen molar-refractivity contribution in [2.75, 3.05) is 18.2 Å². The summed E-state index contributed by atoms with van der Waals surface area (Å²) in [6.45, 7) is 0. The van der Waals surface area contributed by atoms with Crippen LogP contribution >= 0.6 is 0 Å². The van der Waals surface area contributed by atoms with Crippen LogP contribution in [0.2, 0.25) is 0 Å². The number of nitrogens with two attached hydrogens (primary N) is 1. The summed E-state index contributed by atoms with van der Waals surface area (Å²) in [7, 11) is 1.62. The highest BCUT2D eigenvalue weighted by atomic mass is 16.5. The number of aliphatic hydroxyl groups excluding tert-OH is 1. The Kier molecular flexibility index (Phi) is 5.00. The van der Waals surface area contributed by atoms with Crippen LogP contribution in [0.5, 0.6) is 17.2 Å². The lowest BCUT2D eigenvalue weighted by Gasteiger charge is -2.27. The summed E-state index contributed by atoms with van der Waals surface area (Å²) in [6.07, 6.45) is 4.69. The maximum Gasteiger partial charge on any atom is 0.222 e. The molecule has 0 bridgehead atoms. The standard InChI is InChI=1S/C17H22N4O3/c1-23-13-6-8-14(9-7-13)24-15-10-19-17(18)21-16(15)20-11-2-4-12(22)5-3-11/h6-12,22H,2-5H2,1H3,(H3,18,19,20,21)/t11-,12-. The number of methoxy groups -OCH3 is 1. The maximum atomic E-state index is 9.62. The summed E-state index contributed by atoms with van der Waals surface area (Å²) in [5, 5.41) is 13.0. The Labute approximate surface area is 140 Å². The molecule has 0 spiro atoms. The van der Waals surface area contributed by atoms with E-state index in [9.17, 15) is 5.11 Å². The Bertz CT molecular complexity index is 670. The highest BCUT2D eigenvalue weighted by molar-refractivity contribution is 5.53. The van der Waals surface area contributed by atoms with E-state index in [2.05, 4.69) is 15.3 Å². The van der Waals surface area contributed by atoms with Gasteiger partial charge in [0.05, 0.1) is 19.4 Å². The van der Waals surface area contributed by atoms with Crippen molar-refractivity contribution in [2.45, 2.75) is 37.8 Å². The molecule has 0 atom stereocenters. The van der Waals surface area contributed by atoms with Gasteiger partial charge in [0.1, 0.15) is 11.5 Å². The molecule has 0 amide bonds. The first-order valence-electron chi connectivity index (χ1n) is 8.03. The van der Waals surface area contributed by atoms with Gasteiger partial charge in [-0.25, -0.2) is 4.98 Å². The highest BCUT2D eigenvalue weighted by Gasteiger charge is 2.21. The van der Waals surface area contributed by atoms with Gasteiger partial charge in [0.25, 0.3) is 0 Å². The fourth-order valence-electron chi connectivity index (χ4n) is 2.75. The predicted octanol–water partition coefficient (Wildman–Crippen LogP) is 2.58. The van der Waals surface area contributed by atoms with E-state index in [1.807, 2.05) is 24.3 Å². The second-order valence-corrected chi connectivity index (χ2v) is 5.87. The Balaban J connectivity index is 1.74. The molecule has 1 saturated carbocycles. The van der Waals surface area contributed by atoms with E-state index < -0.39 is 0 Å². The van der Waals surface area contributed by atoms with Gasteiger partial charge in [-0.2, -0.15) is 4.98 Å². The summed E-state index contributed by atoms with van der Waals surface area (Å²) in [4.78, 5) is 8.27. The molecule has 1 heterocycles. The predicted molar refractivity (Wildman–Crippen MR) is 91.4 cm³/mol. The van der Waals surface area contributed by atoms with Gasteiger partial charge in [-0.15, -0.1) is 0 Å². The molecule has 3 rings (SSSR count). The van der Waals surface area contributed by atoms with Crippen LogP contribution in [0, 0.1) is 0 Å². The molecule has 7 nitrogen and oxygen atoms in total. The van der Waals surface area contributed by atoms with Crippen molar-refractivity contribution in [2.24, 2.45) is 0 Å². The van der Waals surface area contributed by atoms with Crippen LogP contribution < -0.4 is 20.5 Å². The monoisotopic (exact) mass is 330 g/mol. The van der Waals surface area contributed by atoms with Crippen molar-refractivity contribution in [1.82, 2.24) is 9.97 Å². The number of nitrogen functional groups attached to an aromatic ring is 1. The van der Waals surface area contributed by atoms with Gasteiger partial charge < -0.3 is 25.6 Å². The number of anilines is 2. The average molecular weight is 330 g/mol. The van der Waals surface area contributed by atoms with Gasteiger partial charge >= 0.3 is 0 Å². The van der Waals surface area contributed by atoms with Crippen LogP contribution in [0.4, 0.5) is 11.8 Å². The van der Waals surface area contributed by atoms with E-state index in [0.717, 1.165) is 31.4 Å². The van der Waals surface area contributed by atoms with E-state index in [4.69, 9.17) is 15.2 Å². The van der Waals surface area contributed by atoms with Gasteiger partial charge in [-0.1, -0.05) is 0 Å². The second kappa shape index (κ2) is 7.35. The van der Waals surface area contributed by atoms with Crippen molar-refractivity contribution in [3.63, 3.8) is 0 Å². The van der Waals surface area contributed by atoms with Crippen LogP contribution in [0.1, 0.15) is 25.7 Å². The highest BCUT2D eigenvalue weighted by Crippen LogP contribution is 2.31. The number of nitrogens with one attached hydrogen (secondary N) is 1. The zero-order chi connectivity index (χ0) is 16.9. The summed E-state index contributed by atoms with van der Waals surface area (Å²) in [6, 6.07) is 7.51. The molecule has 1 aromatic heterocycles. The zero-order valence-electron chi connectivity index (χ0n) is 13.6. The molecule has 0 unspecified atom stereocenters. The number of rotatable bonds is 5. The summed E-state index contributed by atoms with van der Waals surface area (Å²) in [5.41, 5.74) is 5.71. The molecular formula is C17H22N4O3. The fraction of sp³-hybridized carbons (Fsp3) is 0.412. The van der Waals surface area contributed by atoms with Crippen LogP contribution in [0.25, 0.3) is 0 Å². The lowest BCUT2D eigenvalue weighted by molar-refractivity contribution is 0.126. The van der Waals surface area contributed by atoms with Crippen molar-refractivity contribution in [1.29, 1.82) is 0 Å². The molecule has 2 aromatic rings. The lowest BCUT2D eigenvalue weighted by Crippen LogP contribution is -2.28. The Morgan fingerprint density at radius 3 is 2.46 bits per heavy atom. The van der Waals surface area contributed by atoms with Gasteiger partial charge in [0.2, 0.25) is 5.95 Å². The van der Waals surface area contributed by atoms with Crippen molar-refractivity contribution in [3.8, 4) is 17.2 Å². The summed E-state index contributed by atoms with van der Waals surface area (Å²) in [5.74, 6) is 2.69. The minimum Gasteiger partial charge on any atom is -0.497 e. The number of aromatic nitrogens is 2. The molecule has 24 heavy (non-hydrogen) atoms. The molecule has 1 fully saturated rings. The van der Waals surface area contributed by atoms with Crippen molar-refractivity contribution in [3.05, 3.63) is 30.5 Å². The van der Waals surface area contributed by atoms with Crippen molar-refractivity contribution < 1.29 is 14.6 Å². The SMILES string of the molecule is COc1ccc(Oc2cnc(N)nc2N[C@H]2CC[C@H](O)CC2)cc1. The first-order chi connectivity index (χ1) is 11.6. The first-order valence-corrected chi connectivity index (χ1v) is 8.03. The Morgan fingerprint density at radius 1 is 1.12 bits per heavy atom. The Morgan fingerprint density at radius 2 is 1.79 bits per heavy atom. The molecule has 4 N–H and O–H groups in total. The van der Waals surface area contributed by atoms with E-state index in [1.165, 1.54) is 0 Å².